The highest BCUT2D eigenvalue weighted by Gasteiger charge is 2.16. The fourth-order valence-electron chi connectivity index (χ4n) is 2.29. The summed E-state index contributed by atoms with van der Waals surface area (Å²) in [5.74, 6) is 1.01. The third-order valence-corrected chi connectivity index (χ3v) is 3.57. The van der Waals surface area contributed by atoms with E-state index < -0.39 is 0 Å². The first kappa shape index (κ1) is 14.2. The van der Waals surface area contributed by atoms with Gasteiger partial charge < -0.3 is 15.1 Å². The summed E-state index contributed by atoms with van der Waals surface area (Å²) in [5.41, 5.74) is 1.02. The van der Waals surface area contributed by atoms with Gasteiger partial charge >= 0.3 is 0 Å². The first-order chi connectivity index (χ1) is 9.33. The van der Waals surface area contributed by atoms with Gasteiger partial charge in [0.25, 0.3) is 0 Å². The van der Waals surface area contributed by atoms with Gasteiger partial charge in [-0.3, -0.25) is 4.98 Å². The molecule has 2 heterocycles. The molecule has 1 N–H and O–H groups in total. The lowest BCUT2D eigenvalue weighted by atomic mass is 10.3. The Bertz CT molecular complexity index is 357. The summed E-state index contributed by atoms with van der Waals surface area (Å²) in [6, 6.07) is 0. The van der Waals surface area contributed by atoms with Crippen LogP contribution in [0.1, 0.15) is 26.0 Å². The molecule has 1 fully saturated rings. The highest BCUT2D eigenvalue weighted by Crippen LogP contribution is 2.12. The van der Waals surface area contributed by atoms with E-state index in [-0.39, 0.29) is 0 Å². The molecular weight excluding hydrogens is 238 g/mol. The van der Waals surface area contributed by atoms with E-state index in [1.54, 1.807) is 0 Å². The van der Waals surface area contributed by atoms with Crippen LogP contribution in [-0.4, -0.2) is 54.1 Å². The molecule has 1 saturated heterocycles. The molecule has 0 bridgehead atoms. The summed E-state index contributed by atoms with van der Waals surface area (Å²) in [5, 5.41) is 3.34. The Morgan fingerprint density at radius 2 is 1.89 bits per heavy atom. The number of rotatable bonds is 6. The number of piperazine rings is 1. The summed E-state index contributed by atoms with van der Waals surface area (Å²) < 4.78 is 0. The zero-order valence-electron chi connectivity index (χ0n) is 12.1. The molecule has 0 radical (unpaired) electrons. The van der Waals surface area contributed by atoms with Gasteiger partial charge in [0.1, 0.15) is 5.82 Å². The maximum absolute atomic E-state index is 4.54. The maximum atomic E-state index is 4.54. The van der Waals surface area contributed by atoms with E-state index in [1.807, 2.05) is 12.4 Å². The van der Waals surface area contributed by atoms with Crippen LogP contribution in [0.5, 0.6) is 0 Å². The Kier molecular flexibility index (Phi) is 5.54. The van der Waals surface area contributed by atoms with Crippen LogP contribution in [-0.2, 0) is 6.54 Å². The van der Waals surface area contributed by atoms with Crippen molar-refractivity contribution >= 4 is 5.82 Å². The molecular formula is C14H25N5. The molecule has 2 rings (SSSR count). The molecule has 1 aromatic rings. The predicted octanol–water partition coefficient (Wildman–Crippen LogP) is 1.12. The fraction of sp³-hybridized carbons (Fsp3) is 0.714. The monoisotopic (exact) mass is 263 g/mol. The number of likely N-dealkylation sites (N-methyl/N-ethyl adjacent to an activating group) is 1. The van der Waals surface area contributed by atoms with Crippen molar-refractivity contribution in [2.75, 3.05) is 44.2 Å². The second kappa shape index (κ2) is 7.40. The van der Waals surface area contributed by atoms with Crippen molar-refractivity contribution in [3.8, 4) is 0 Å². The topological polar surface area (TPSA) is 44.3 Å². The SMILES string of the molecule is CCCNCc1cnc(N2CCN(CC)CC2)cn1. The minimum absolute atomic E-state index is 0.810. The van der Waals surface area contributed by atoms with Crippen molar-refractivity contribution in [2.45, 2.75) is 26.8 Å². The van der Waals surface area contributed by atoms with Crippen LogP contribution >= 0.6 is 0 Å². The molecule has 0 aromatic carbocycles. The molecule has 19 heavy (non-hydrogen) atoms. The number of nitrogens with one attached hydrogen (secondary N) is 1. The molecule has 1 aliphatic rings. The minimum Gasteiger partial charge on any atom is -0.353 e. The quantitative estimate of drug-likeness (QED) is 0.779. The van der Waals surface area contributed by atoms with Gasteiger partial charge in [-0.2, -0.15) is 0 Å². The van der Waals surface area contributed by atoms with Crippen molar-refractivity contribution in [3.63, 3.8) is 0 Å². The largest absolute Gasteiger partial charge is 0.353 e. The van der Waals surface area contributed by atoms with Gasteiger partial charge in [-0.1, -0.05) is 13.8 Å². The minimum atomic E-state index is 0.810. The van der Waals surface area contributed by atoms with Gasteiger partial charge in [-0.25, -0.2) is 4.98 Å². The van der Waals surface area contributed by atoms with Crippen LogP contribution in [0.25, 0.3) is 0 Å². The molecule has 5 heteroatoms. The summed E-state index contributed by atoms with van der Waals surface area (Å²) in [7, 11) is 0. The zero-order valence-corrected chi connectivity index (χ0v) is 12.1. The molecule has 5 nitrogen and oxygen atoms in total. The molecule has 0 unspecified atom stereocenters. The third-order valence-electron chi connectivity index (χ3n) is 3.57. The zero-order chi connectivity index (χ0) is 13.5. The fourth-order valence-corrected chi connectivity index (χ4v) is 2.29. The lowest BCUT2D eigenvalue weighted by molar-refractivity contribution is 0.270. The average molecular weight is 263 g/mol. The summed E-state index contributed by atoms with van der Waals surface area (Å²) >= 11 is 0. The molecule has 1 aliphatic heterocycles. The summed E-state index contributed by atoms with van der Waals surface area (Å²) in [6.45, 7) is 11.7. The lowest BCUT2D eigenvalue weighted by Gasteiger charge is -2.34. The van der Waals surface area contributed by atoms with E-state index in [1.165, 1.54) is 0 Å². The van der Waals surface area contributed by atoms with Crippen LogP contribution in [0.4, 0.5) is 5.82 Å². The Morgan fingerprint density at radius 1 is 1.11 bits per heavy atom. The van der Waals surface area contributed by atoms with E-state index in [0.29, 0.717) is 0 Å². The Hall–Kier alpha value is -1.20. The van der Waals surface area contributed by atoms with Gasteiger partial charge in [-0.15, -0.1) is 0 Å². The predicted molar refractivity (Wildman–Crippen MR) is 78.4 cm³/mol. The Balaban J connectivity index is 1.84. The van der Waals surface area contributed by atoms with Crippen molar-refractivity contribution in [2.24, 2.45) is 0 Å². The van der Waals surface area contributed by atoms with Gasteiger partial charge in [0.2, 0.25) is 0 Å². The molecule has 0 saturated carbocycles. The van der Waals surface area contributed by atoms with E-state index >= 15 is 0 Å². The molecule has 106 valence electrons. The molecule has 0 atom stereocenters. The number of aromatic nitrogens is 2. The average Bonchev–Trinajstić information content (AvgIpc) is 2.48. The molecule has 0 spiro atoms. The standard InChI is InChI=1S/C14H25N5/c1-3-5-15-10-13-11-17-14(12-16-13)19-8-6-18(4-2)7-9-19/h11-12,15H,3-10H2,1-2H3. The lowest BCUT2D eigenvalue weighted by Crippen LogP contribution is -2.46. The highest BCUT2D eigenvalue weighted by molar-refractivity contribution is 5.36. The number of nitrogens with zero attached hydrogens (tertiary/aromatic N) is 4. The first-order valence-electron chi connectivity index (χ1n) is 7.32. The van der Waals surface area contributed by atoms with Gasteiger partial charge in [0, 0.05) is 32.7 Å². The van der Waals surface area contributed by atoms with E-state index in [2.05, 4.69) is 38.9 Å². The second-order valence-corrected chi connectivity index (χ2v) is 4.96. The Labute approximate surface area is 116 Å². The van der Waals surface area contributed by atoms with Crippen LogP contribution in [0.2, 0.25) is 0 Å². The normalized spacial score (nSPS) is 16.8. The molecule has 1 aromatic heterocycles. The van der Waals surface area contributed by atoms with E-state index in [9.17, 15) is 0 Å². The van der Waals surface area contributed by atoms with Gasteiger partial charge in [-0.05, 0) is 19.5 Å². The molecule has 0 aliphatic carbocycles. The van der Waals surface area contributed by atoms with E-state index in [4.69, 9.17) is 0 Å². The Morgan fingerprint density at radius 3 is 2.47 bits per heavy atom. The van der Waals surface area contributed by atoms with E-state index in [0.717, 1.165) is 63.7 Å². The smallest absolute Gasteiger partial charge is 0.147 e. The summed E-state index contributed by atoms with van der Waals surface area (Å²) in [4.78, 5) is 13.8. The third kappa shape index (κ3) is 4.14. The van der Waals surface area contributed by atoms with Crippen LogP contribution < -0.4 is 10.2 Å². The van der Waals surface area contributed by atoms with Gasteiger partial charge in [0.15, 0.2) is 0 Å². The van der Waals surface area contributed by atoms with Crippen molar-refractivity contribution < 1.29 is 0 Å². The second-order valence-electron chi connectivity index (χ2n) is 4.96. The molecule has 0 amide bonds. The summed E-state index contributed by atoms with van der Waals surface area (Å²) in [6.07, 6.45) is 4.95. The first-order valence-corrected chi connectivity index (χ1v) is 7.32. The van der Waals surface area contributed by atoms with Crippen LogP contribution in [0, 0.1) is 0 Å². The van der Waals surface area contributed by atoms with Crippen molar-refractivity contribution in [3.05, 3.63) is 18.1 Å². The highest BCUT2D eigenvalue weighted by atomic mass is 15.3. The van der Waals surface area contributed by atoms with Crippen LogP contribution in [0.3, 0.4) is 0 Å². The van der Waals surface area contributed by atoms with Crippen LogP contribution in [0.15, 0.2) is 12.4 Å². The van der Waals surface area contributed by atoms with Crippen molar-refractivity contribution in [1.82, 2.24) is 20.2 Å². The number of hydrogen-bond acceptors (Lipinski definition) is 5. The number of anilines is 1. The number of hydrogen-bond donors (Lipinski definition) is 1. The van der Waals surface area contributed by atoms with Crippen molar-refractivity contribution in [1.29, 1.82) is 0 Å². The maximum Gasteiger partial charge on any atom is 0.147 e. The van der Waals surface area contributed by atoms with Gasteiger partial charge in [0.05, 0.1) is 18.1 Å².